The Morgan fingerprint density at radius 2 is 2.21 bits per heavy atom. The highest BCUT2D eigenvalue weighted by molar-refractivity contribution is 6.33. The first kappa shape index (κ1) is 15.8. The summed E-state index contributed by atoms with van der Waals surface area (Å²) in [6.07, 6.45) is 0. The van der Waals surface area contributed by atoms with Crippen LogP contribution in [0.25, 0.3) is 0 Å². The lowest BCUT2D eigenvalue weighted by Crippen LogP contribution is -2.28. The molecule has 0 aliphatic carbocycles. The molecule has 0 unspecified atom stereocenters. The number of hydrogen-bond donors (Lipinski definition) is 2. The Hall–Kier alpha value is -1.30. The Balaban J connectivity index is 2.42. The van der Waals surface area contributed by atoms with Crippen LogP contribution in [-0.2, 0) is 4.74 Å². The fourth-order valence-corrected chi connectivity index (χ4v) is 1.81. The quantitative estimate of drug-likeness (QED) is 0.766. The van der Waals surface area contributed by atoms with Gasteiger partial charge in [-0.2, -0.15) is 0 Å². The van der Waals surface area contributed by atoms with Crippen LogP contribution in [0.5, 0.6) is 0 Å². The lowest BCUT2D eigenvalue weighted by molar-refractivity contribution is 0.0697. The van der Waals surface area contributed by atoms with Crippen LogP contribution < -0.4 is 5.32 Å². The van der Waals surface area contributed by atoms with Gasteiger partial charge in [0, 0.05) is 32.4 Å². The molecule has 0 atom stereocenters. The minimum absolute atomic E-state index is 0.115. The Bertz CT molecular complexity index is 426. The zero-order valence-electron chi connectivity index (χ0n) is 11.1. The molecule has 1 aromatic rings. The minimum atomic E-state index is -1.02. The second-order valence-electron chi connectivity index (χ2n) is 4.22. The molecule has 0 saturated heterocycles. The molecular weight excluding hydrogens is 268 g/mol. The monoisotopic (exact) mass is 286 g/mol. The maximum absolute atomic E-state index is 10.8. The van der Waals surface area contributed by atoms with Crippen LogP contribution in [0.4, 0.5) is 5.69 Å². The van der Waals surface area contributed by atoms with E-state index in [1.807, 2.05) is 7.05 Å². The molecular formula is C13H19ClN2O3. The van der Waals surface area contributed by atoms with Crippen molar-refractivity contribution in [1.29, 1.82) is 0 Å². The smallest absolute Gasteiger partial charge is 0.337 e. The summed E-state index contributed by atoms with van der Waals surface area (Å²) in [6.45, 7) is 3.19. The molecule has 0 spiro atoms. The predicted molar refractivity (Wildman–Crippen MR) is 76.3 cm³/mol. The molecule has 0 bridgehead atoms. The number of rotatable bonds is 8. The number of ether oxygens (including phenoxy) is 1. The molecule has 19 heavy (non-hydrogen) atoms. The van der Waals surface area contributed by atoms with Gasteiger partial charge in [-0.05, 0) is 25.2 Å². The highest BCUT2D eigenvalue weighted by Gasteiger charge is 2.08. The van der Waals surface area contributed by atoms with E-state index in [2.05, 4.69) is 10.2 Å². The number of aromatic carboxylic acids is 1. The second kappa shape index (κ2) is 7.99. The van der Waals surface area contributed by atoms with Gasteiger partial charge >= 0.3 is 5.97 Å². The van der Waals surface area contributed by atoms with Gasteiger partial charge in [0.15, 0.2) is 0 Å². The summed E-state index contributed by atoms with van der Waals surface area (Å²) in [7, 11) is 3.69. The van der Waals surface area contributed by atoms with Crippen molar-refractivity contribution in [2.45, 2.75) is 0 Å². The number of hydrogen-bond acceptors (Lipinski definition) is 4. The van der Waals surface area contributed by atoms with Gasteiger partial charge in [0.25, 0.3) is 0 Å². The van der Waals surface area contributed by atoms with Crippen molar-refractivity contribution in [3.63, 3.8) is 0 Å². The summed E-state index contributed by atoms with van der Waals surface area (Å²) in [4.78, 5) is 13.0. The minimum Gasteiger partial charge on any atom is -0.478 e. The molecule has 0 aliphatic heterocycles. The average Bonchev–Trinajstić information content (AvgIpc) is 2.36. The molecule has 6 heteroatoms. The van der Waals surface area contributed by atoms with Crippen molar-refractivity contribution in [1.82, 2.24) is 4.90 Å². The van der Waals surface area contributed by atoms with E-state index in [1.165, 1.54) is 6.07 Å². The van der Waals surface area contributed by atoms with Crippen LogP contribution >= 0.6 is 11.6 Å². The maximum Gasteiger partial charge on any atom is 0.337 e. The Kier molecular flexibility index (Phi) is 6.62. The number of likely N-dealkylation sites (N-methyl/N-ethyl adjacent to an activating group) is 1. The molecule has 2 N–H and O–H groups in total. The van der Waals surface area contributed by atoms with Gasteiger partial charge in [-0.3, -0.25) is 0 Å². The maximum atomic E-state index is 10.8. The zero-order chi connectivity index (χ0) is 14.3. The van der Waals surface area contributed by atoms with E-state index in [4.69, 9.17) is 21.4 Å². The van der Waals surface area contributed by atoms with Crippen LogP contribution in [0.3, 0.4) is 0 Å². The zero-order valence-corrected chi connectivity index (χ0v) is 11.9. The molecule has 0 amide bonds. The largest absolute Gasteiger partial charge is 0.478 e. The summed E-state index contributed by atoms with van der Waals surface area (Å²) in [6, 6.07) is 4.84. The number of nitrogens with one attached hydrogen (secondary N) is 1. The van der Waals surface area contributed by atoms with Gasteiger partial charge in [0.2, 0.25) is 0 Å². The van der Waals surface area contributed by atoms with Crippen molar-refractivity contribution in [3.8, 4) is 0 Å². The van der Waals surface area contributed by atoms with Crippen molar-refractivity contribution < 1.29 is 14.6 Å². The highest BCUT2D eigenvalue weighted by atomic mass is 35.5. The third kappa shape index (κ3) is 5.46. The Labute approximate surface area is 118 Å². The van der Waals surface area contributed by atoms with Gasteiger partial charge in [0.05, 0.1) is 17.2 Å². The molecule has 0 fully saturated rings. The summed E-state index contributed by atoms with van der Waals surface area (Å²) in [5, 5.41) is 12.3. The summed E-state index contributed by atoms with van der Waals surface area (Å²) >= 11 is 5.89. The van der Waals surface area contributed by atoms with Crippen molar-refractivity contribution in [3.05, 3.63) is 28.8 Å². The Morgan fingerprint density at radius 3 is 2.79 bits per heavy atom. The number of benzene rings is 1. The molecule has 1 aromatic carbocycles. The number of anilines is 1. The Morgan fingerprint density at radius 1 is 1.47 bits per heavy atom. The second-order valence-corrected chi connectivity index (χ2v) is 4.63. The van der Waals surface area contributed by atoms with Gasteiger partial charge in [-0.15, -0.1) is 0 Å². The van der Waals surface area contributed by atoms with E-state index in [-0.39, 0.29) is 10.6 Å². The first-order valence-electron chi connectivity index (χ1n) is 5.98. The van der Waals surface area contributed by atoms with Crippen molar-refractivity contribution >= 4 is 23.3 Å². The van der Waals surface area contributed by atoms with Crippen LogP contribution in [0.2, 0.25) is 5.02 Å². The van der Waals surface area contributed by atoms with E-state index < -0.39 is 5.97 Å². The molecule has 0 heterocycles. The van der Waals surface area contributed by atoms with Gasteiger partial charge < -0.3 is 20.1 Å². The van der Waals surface area contributed by atoms with Gasteiger partial charge in [-0.1, -0.05) is 11.6 Å². The number of methoxy groups -OCH3 is 1. The van der Waals surface area contributed by atoms with Crippen LogP contribution in [0.1, 0.15) is 10.4 Å². The molecule has 1 rings (SSSR count). The van der Waals surface area contributed by atoms with Crippen LogP contribution in [0.15, 0.2) is 18.2 Å². The highest BCUT2D eigenvalue weighted by Crippen LogP contribution is 2.20. The third-order valence-electron chi connectivity index (χ3n) is 2.70. The van der Waals surface area contributed by atoms with E-state index in [0.717, 1.165) is 25.3 Å². The molecule has 0 aliphatic rings. The van der Waals surface area contributed by atoms with Crippen molar-refractivity contribution in [2.75, 3.05) is 45.7 Å². The number of carboxylic acids is 1. The van der Waals surface area contributed by atoms with Gasteiger partial charge in [-0.25, -0.2) is 4.79 Å². The van der Waals surface area contributed by atoms with E-state index in [0.29, 0.717) is 6.61 Å². The predicted octanol–water partition coefficient (Wildman–Crippen LogP) is 2.03. The van der Waals surface area contributed by atoms with E-state index in [1.54, 1.807) is 19.2 Å². The van der Waals surface area contributed by atoms with Crippen molar-refractivity contribution in [2.24, 2.45) is 0 Å². The number of carboxylic acid groups (broad SMARTS) is 1. The molecule has 5 nitrogen and oxygen atoms in total. The normalized spacial score (nSPS) is 10.7. The topological polar surface area (TPSA) is 61.8 Å². The third-order valence-corrected chi connectivity index (χ3v) is 3.01. The molecule has 0 radical (unpaired) electrons. The fourth-order valence-electron chi connectivity index (χ4n) is 1.55. The molecule has 0 saturated carbocycles. The lowest BCUT2D eigenvalue weighted by Gasteiger charge is -2.16. The van der Waals surface area contributed by atoms with E-state index >= 15 is 0 Å². The number of carbonyl (C=O) groups is 1. The number of halogens is 1. The first-order chi connectivity index (χ1) is 9.04. The lowest BCUT2D eigenvalue weighted by atomic mass is 10.2. The summed E-state index contributed by atoms with van der Waals surface area (Å²) in [5.41, 5.74) is 0.930. The van der Waals surface area contributed by atoms with Crippen LogP contribution in [-0.4, -0.2) is 56.4 Å². The SMILES string of the molecule is COCCN(C)CCNc1ccc(C(=O)O)c(Cl)c1. The van der Waals surface area contributed by atoms with Crippen LogP contribution in [0, 0.1) is 0 Å². The van der Waals surface area contributed by atoms with E-state index in [9.17, 15) is 4.79 Å². The van der Waals surface area contributed by atoms with Gasteiger partial charge in [0.1, 0.15) is 0 Å². The standard InChI is InChI=1S/C13H19ClN2O3/c1-16(7-8-19-2)6-5-15-10-3-4-11(13(17)18)12(14)9-10/h3-4,9,15H,5-8H2,1-2H3,(H,17,18). The summed E-state index contributed by atoms with van der Waals surface area (Å²) < 4.78 is 4.99. The molecule has 0 aromatic heterocycles. The molecule has 106 valence electrons. The fraction of sp³-hybridized carbons (Fsp3) is 0.462. The number of nitrogens with zero attached hydrogens (tertiary/aromatic N) is 1. The average molecular weight is 287 g/mol. The first-order valence-corrected chi connectivity index (χ1v) is 6.36. The summed E-state index contributed by atoms with van der Waals surface area (Å²) in [5.74, 6) is -1.02.